The molecule has 0 saturated carbocycles. The Labute approximate surface area is 128 Å². The lowest BCUT2D eigenvalue weighted by Gasteiger charge is -2.34. The first kappa shape index (κ1) is 15.9. The van der Waals surface area contributed by atoms with Gasteiger partial charge in [0.05, 0.1) is 0 Å². The number of hydrogen-bond acceptors (Lipinski definition) is 2. The van der Waals surface area contributed by atoms with Gasteiger partial charge in [-0.2, -0.15) is 0 Å². The molecule has 1 N–H and O–H groups in total. The van der Waals surface area contributed by atoms with Gasteiger partial charge in [0.15, 0.2) is 0 Å². The number of piperidine rings is 1. The number of nitrogens with zero attached hydrogens (tertiary/aromatic N) is 1. The fourth-order valence-electron chi connectivity index (χ4n) is 2.95. The van der Waals surface area contributed by atoms with E-state index in [4.69, 9.17) is 0 Å². The third-order valence-electron chi connectivity index (χ3n) is 4.48. The third kappa shape index (κ3) is 4.23. The molecule has 0 radical (unpaired) electrons. The van der Waals surface area contributed by atoms with Gasteiger partial charge in [0, 0.05) is 30.9 Å². The largest absolute Gasteiger partial charge is 0.385 e. The van der Waals surface area contributed by atoms with E-state index in [0.29, 0.717) is 0 Å². The summed E-state index contributed by atoms with van der Waals surface area (Å²) in [5, 5.41) is 3.33. The molecule has 0 aromatic heterocycles. The van der Waals surface area contributed by atoms with Crippen LogP contribution in [0.5, 0.6) is 0 Å². The highest BCUT2D eigenvalue weighted by molar-refractivity contribution is 5.94. The zero-order chi connectivity index (χ0) is 15.2. The van der Waals surface area contributed by atoms with Gasteiger partial charge in [-0.1, -0.05) is 20.8 Å². The fourth-order valence-corrected chi connectivity index (χ4v) is 2.95. The standard InChI is InChI=1S/C18H28N2O/c1-4-11-19-17-7-5-16(6-8-17)18(21)20-12-9-15(10-13-20)14(2)3/h5-8,14-15,19H,4,9-13H2,1-3H3. The van der Waals surface area contributed by atoms with Crippen LogP contribution < -0.4 is 5.32 Å². The Morgan fingerprint density at radius 2 is 1.86 bits per heavy atom. The molecule has 21 heavy (non-hydrogen) atoms. The molecule has 3 nitrogen and oxygen atoms in total. The van der Waals surface area contributed by atoms with Crippen LogP contribution in [0.25, 0.3) is 0 Å². The molecule has 1 aromatic rings. The smallest absolute Gasteiger partial charge is 0.253 e. The van der Waals surface area contributed by atoms with E-state index in [2.05, 4.69) is 26.1 Å². The molecule has 1 heterocycles. The molecule has 116 valence electrons. The molecule has 0 unspecified atom stereocenters. The first-order chi connectivity index (χ1) is 10.1. The molecule has 1 aliphatic heterocycles. The molecular weight excluding hydrogens is 260 g/mol. The van der Waals surface area contributed by atoms with E-state index >= 15 is 0 Å². The van der Waals surface area contributed by atoms with Crippen LogP contribution in [0.1, 0.15) is 50.4 Å². The molecule has 0 bridgehead atoms. The lowest BCUT2D eigenvalue weighted by Crippen LogP contribution is -2.39. The lowest BCUT2D eigenvalue weighted by molar-refractivity contribution is 0.0668. The van der Waals surface area contributed by atoms with Crippen LogP contribution >= 0.6 is 0 Å². The van der Waals surface area contributed by atoms with Gasteiger partial charge < -0.3 is 10.2 Å². The molecule has 1 fully saturated rings. The highest BCUT2D eigenvalue weighted by Crippen LogP contribution is 2.25. The highest BCUT2D eigenvalue weighted by Gasteiger charge is 2.25. The number of likely N-dealkylation sites (tertiary alicyclic amines) is 1. The van der Waals surface area contributed by atoms with Gasteiger partial charge in [0.2, 0.25) is 0 Å². The van der Waals surface area contributed by atoms with Crippen LogP contribution in [0.2, 0.25) is 0 Å². The van der Waals surface area contributed by atoms with Crippen molar-refractivity contribution in [2.24, 2.45) is 11.8 Å². The molecule has 0 aliphatic carbocycles. The van der Waals surface area contributed by atoms with E-state index < -0.39 is 0 Å². The van der Waals surface area contributed by atoms with Crippen molar-refractivity contribution >= 4 is 11.6 Å². The second kappa shape index (κ2) is 7.48. The van der Waals surface area contributed by atoms with Gasteiger partial charge in [0.1, 0.15) is 0 Å². The summed E-state index contributed by atoms with van der Waals surface area (Å²) in [6.07, 6.45) is 3.38. The van der Waals surface area contributed by atoms with E-state index in [9.17, 15) is 4.79 Å². The molecule has 0 spiro atoms. The molecular formula is C18H28N2O. The molecule has 1 aromatic carbocycles. The van der Waals surface area contributed by atoms with Gasteiger partial charge in [-0.25, -0.2) is 0 Å². The Bertz CT molecular complexity index is 445. The topological polar surface area (TPSA) is 32.3 Å². The normalized spacial score (nSPS) is 16.3. The predicted octanol–water partition coefficient (Wildman–Crippen LogP) is 4.02. The second-order valence-electron chi connectivity index (χ2n) is 6.38. The minimum absolute atomic E-state index is 0.180. The van der Waals surface area contributed by atoms with Crippen LogP contribution in [0.4, 0.5) is 5.69 Å². The predicted molar refractivity (Wildman–Crippen MR) is 88.7 cm³/mol. The Balaban J connectivity index is 1.91. The minimum atomic E-state index is 0.180. The van der Waals surface area contributed by atoms with Crippen molar-refractivity contribution in [1.82, 2.24) is 4.90 Å². The Morgan fingerprint density at radius 1 is 1.24 bits per heavy atom. The number of carbonyl (C=O) groups is 1. The van der Waals surface area contributed by atoms with Gasteiger partial charge in [-0.05, 0) is 55.4 Å². The van der Waals surface area contributed by atoms with Crippen molar-refractivity contribution < 1.29 is 4.79 Å². The van der Waals surface area contributed by atoms with E-state index in [1.54, 1.807) is 0 Å². The van der Waals surface area contributed by atoms with Crippen molar-refractivity contribution in [3.63, 3.8) is 0 Å². The third-order valence-corrected chi connectivity index (χ3v) is 4.48. The van der Waals surface area contributed by atoms with Crippen molar-refractivity contribution in [1.29, 1.82) is 0 Å². The molecule has 3 heteroatoms. The van der Waals surface area contributed by atoms with E-state index in [0.717, 1.165) is 62.0 Å². The summed E-state index contributed by atoms with van der Waals surface area (Å²) in [6, 6.07) is 7.89. The van der Waals surface area contributed by atoms with Crippen molar-refractivity contribution in [3.8, 4) is 0 Å². The van der Waals surface area contributed by atoms with Crippen molar-refractivity contribution in [2.45, 2.75) is 40.0 Å². The van der Waals surface area contributed by atoms with E-state index in [1.807, 2.05) is 29.2 Å². The zero-order valence-electron chi connectivity index (χ0n) is 13.6. The number of hydrogen-bond donors (Lipinski definition) is 1. The van der Waals surface area contributed by atoms with Crippen molar-refractivity contribution in [3.05, 3.63) is 29.8 Å². The molecule has 1 amide bonds. The average Bonchev–Trinajstić information content (AvgIpc) is 2.53. The monoisotopic (exact) mass is 288 g/mol. The number of amides is 1. The minimum Gasteiger partial charge on any atom is -0.385 e. The quantitative estimate of drug-likeness (QED) is 0.887. The lowest BCUT2D eigenvalue weighted by atomic mass is 9.86. The van der Waals surface area contributed by atoms with Crippen LogP contribution in [-0.4, -0.2) is 30.4 Å². The van der Waals surface area contributed by atoms with E-state index in [-0.39, 0.29) is 5.91 Å². The Hall–Kier alpha value is -1.51. The van der Waals surface area contributed by atoms with Crippen LogP contribution in [0.15, 0.2) is 24.3 Å². The number of nitrogens with one attached hydrogen (secondary N) is 1. The summed E-state index contributed by atoms with van der Waals surface area (Å²) in [4.78, 5) is 14.5. The van der Waals surface area contributed by atoms with Crippen LogP contribution in [0.3, 0.4) is 0 Å². The first-order valence-electron chi connectivity index (χ1n) is 8.25. The summed E-state index contributed by atoms with van der Waals surface area (Å²) in [5.41, 5.74) is 1.90. The summed E-state index contributed by atoms with van der Waals surface area (Å²) in [6.45, 7) is 9.48. The van der Waals surface area contributed by atoms with Gasteiger partial charge >= 0.3 is 0 Å². The van der Waals surface area contributed by atoms with Crippen LogP contribution in [0, 0.1) is 11.8 Å². The Kier molecular flexibility index (Phi) is 5.66. The second-order valence-corrected chi connectivity index (χ2v) is 6.38. The summed E-state index contributed by atoms with van der Waals surface area (Å²) >= 11 is 0. The number of anilines is 1. The molecule has 1 aliphatic rings. The maximum atomic E-state index is 12.5. The summed E-state index contributed by atoms with van der Waals surface area (Å²) in [5.74, 6) is 1.68. The number of benzene rings is 1. The van der Waals surface area contributed by atoms with Gasteiger partial charge in [-0.3, -0.25) is 4.79 Å². The number of rotatable bonds is 5. The maximum Gasteiger partial charge on any atom is 0.253 e. The van der Waals surface area contributed by atoms with Gasteiger partial charge in [-0.15, -0.1) is 0 Å². The molecule has 0 atom stereocenters. The first-order valence-corrected chi connectivity index (χ1v) is 8.25. The van der Waals surface area contributed by atoms with E-state index in [1.165, 1.54) is 0 Å². The fraction of sp³-hybridized carbons (Fsp3) is 0.611. The highest BCUT2D eigenvalue weighted by atomic mass is 16.2. The van der Waals surface area contributed by atoms with Crippen LogP contribution in [-0.2, 0) is 0 Å². The summed E-state index contributed by atoms with van der Waals surface area (Å²) in [7, 11) is 0. The Morgan fingerprint density at radius 3 is 2.38 bits per heavy atom. The van der Waals surface area contributed by atoms with Gasteiger partial charge in [0.25, 0.3) is 5.91 Å². The molecule has 2 rings (SSSR count). The SMILES string of the molecule is CCCNc1ccc(C(=O)N2CCC(C(C)C)CC2)cc1. The number of carbonyl (C=O) groups excluding carboxylic acids is 1. The molecule has 1 saturated heterocycles. The van der Waals surface area contributed by atoms with Crippen molar-refractivity contribution in [2.75, 3.05) is 25.0 Å². The maximum absolute atomic E-state index is 12.5. The summed E-state index contributed by atoms with van der Waals surface area (Å²) < 4.78 is 0. The average molecular weight is 288 g/mol. The zero-order valence-corrected chi connectivity index (χ0v) is 13.6.